The Balaban J connectivity index is 2.63. The number of hydrogen-bond donors (Lipinski definition) is 1. The lowest BCUT2D eigenvalue weighted by atomic mass is 9.89. The molecule has 1 fully saturated rings. The van der Waals surface area contributed by atoms with Gasteiger partial charge < -0.3 is 10.0 Å². The van der Waals surface area contributed by atoms with E-state index < -0.39 is 5.97 Å². The lowest BCUT2D eigenvalue weighted by Gasteiger charge is -2.37. The summed E-state index contributed by atoms with van der Waals surface area (Å²) in [5.74, 6) is -0.942. The van der Waals surface area contributed by atoms with E-state index in [0.717, 1.165) is 6.42 Å². The SMILES string of the molecule is CC[C@@H]1C[C@H](C(=O)O)CCN1C(C)=O. The highest BCUT2D eigenvalue weighted by Gasteiger charge is 2.32. The number of likely N-dealkylation sites (tertiary alicyclic amines) is 1. The fourth-order valence-electron chi connectivity index (χ4n) is 2.08. The number of piperidine rings is 1. The van der Waals surface area contributed by atoms with E-state index in [1.165, 1.54) is 0 Å². The molecule has 4 nitrogen and oxygen atoms in total. The fourth-order valence-corrected chi connectivity index (χ4v) is 2.08. The molecule has 0 aliphatic carbocycles. The first-order valence-electron chi connectivity index (χ1n) is 5.06. The molecule has 80 valence electrons. The van der Waals surface area contributed by atoms with Crippen molar-refractivity contribution in [3.05, 3.63) is 0 Å². The van der Waals surface area contributed by atoms with Gasteiger partial charge in [0.15, 0.2) is 0 Å². The first kappa shape index (κ1) is 11.0. The number of nitrogens with zero attached hydrogens (tertiary/aromatic N) is 1. The second-order valence-corrected chi connectivity index (χ2v) is 3.83. The van der Waals surface area contributed by atoms with Gasteiger partial charge in [-0.25, -0.2) is 0 Å². The minimum Gasteiger partial charge on any atom is -0.481 e. The van der Waals surface area contributed by atoms with Gasteiger partial charge in [-0.2, -0.15) is 0 Å². The molecule has 1 rings (SSSR count). The van der Waals surface area contributed by atoms with Gasteiger partial charge in [0.05, 0.1) is 5.92 Å². The molecule has 2 atom stereocenters. The van der Waals surface area contributed by atoms with E-state index in [4.69, 9.17) is 5.11 Å². The Bertz CT molecular complexity index is 240. The largest absolute Gasteiger partial charge is 0.481 e. The summed E-state index contributed by atoms with van der Waals surface area (Å²) in [6.07, 6.45) is 2.03. The molecule has 0 unspecified atom stereocenters. The molecule has 14 heavy (non-hydrogen) atoms. The summed E-state index contributed by atoms with van der Waals surface area (Å²) in [6, 6.07) is 0.113. The number of carbonyl (C=O) groups excluding carboxylic acids is 1. The molecule has 0 aromatic heterocycles. The van der Waals surface area contributed by atoms with Crippen LogP contribution in [0.15, 0.2) is 0 Å². The van der Waals surface area contributed by atoms with Crippen molar-refractivity contribution in [3.8, 4) is 0 Å². The van der Waals surface area contributed by atoms with Crippen LogP contribution in [0.1, 0.15) is 33.1 Å². The average molecular weight is 199 g/mol. The van der Waals surface area contributed by atoms with Crippen LogP contribution >= 0.6 is 0 Å². The molecule has 0 aromatic rings. The Morgan fingerprint density at radius 1 is 1.50 bits per heavy atom. The Kier molecular flexibility index (Phi) is 3.49. The third-order valence-electron chi connectivity index (χ3n) is 2.94. The normalized spacial score (nSPS) is 27.4. The van der Waals surface area contributed by atoms with Crippen LogP contribution in [0.25, 0.3) is 0 Å². The second-order valence-electron chi connectivity index (χ2n) is 3.83. The smallest absolute Gasteiger partial charge is 0.306 e. The van der Waals surface area contributed by atoms with E-state index in [9.17, 15) is 9.59 Å². The molecule has 1 saturated heterocycles. The number of rotatable bonds is 2. The molecule has 1 amide bonds. The summed E-state index contributed by atoms with van der Waals surface area (Å²) < 4.78 is 0. The maximum absolute atomic E-state index is 11.2. The van der Waals surface area contributed by atoms with Crippen molar-refractivity contribution in [2.75, 3.05) is 6.54 Å². The Hall–Kier alpha value is -1.06. The highest BCUT2D eigenvalue weighted by atomic mass is 16.4. The number of amides is 1. The number of carbonyl (C=O) groups is 2. The summed E-state index contributed by atoms with van der Waals surface area (Å²) in [6.45, 7) is 4.12. The minimum absolute atomic E-state index is 0.0562. The average Bonchev–Trinajstić information content (AvgIpc) is 2.16. The van der Waals surface area contributed by atoms with Crippen LogP contribution in [0.2, 0.25) is 0 Å². The van der Waals surface area contributed by atoms with Gasteiger partial charge in [0.25, 0.3) is 0 Å². The number of carboxylic acids is 1. The lowest BCUT2D eigenvalue weighted by Crippen LogP contribution is -2.46. The van der Waals surface area contributed by atoms with Crippen LogP contribution < -0.4 is 0 Å². The van der Waals surface area contributed by atoms with Crippen LogP contribution in [0.4, 0.5) is 0 Å². The highest BCUT2D eigenvalue weighted by Crippen LogP contribution is 2.24. The summed E-state index contributed by atoms with van der Waals surface area (Å²) >= 11 is 0. The highest BCUT2D eigenvalue weighted by molar-refractivity contribution is 5.75. The lowest BCUT2D eigenvalue weighted by molar-refractivity contribution is -0.147. The van der Waals surface area contributed by atoms with Crippen LogP contribution in [-0.4, -0.2) is 34.5 Å². The molecule has 0 saturated carbocycles. The van der Waals surface area contributed by atoms with Crippen molar-refractivity contribution in [2.24, 2.45) is 5.92 Å². The van der Waals surface area contributed by atoms with Crippen molar-refractivity contribution in [1.82, 2.24) is 4.90 Å². The zero-order chi connectivity index (χ0) is 10.7. The molecule has 1 aliphatic rings. The molecule has 1 aliphatic heterocycles. The predicted molar refractivity (Wildman–Crippen MR) is 51.8 cm³/mol. The molecule has 0 aromatic carbocycles. The van der Waals surface area contributed by atoms with Gasteiger partial charge in [-0.1, -0.05) is 6.92 Å². The predicted octanol–water partition coefficient (Wildman–Crippen LogP) is 1.11. The zero-order valence-electron chi connectivity index (χ0n) is 8.69. The maximum atomic E-state index is 11.2. The number of aliphatic carboxylic acids is 1. The first-order chi connectivity index (χ1) is 6.56. The second kappa shape index (κ2) is 4.44. The molecular weight excluding hydrogens is 182 g/mol. The summed E-state index contributed by atoms with van der Waals surface area (Å²) in [7, 11) is 0. The number of carboxylic acid groups (broad SMARTS) is 1. The van der Waals surface area contributed by atoms with E-state index in [0.29, 0.717) is 19.4 Å². The van der Waals surface area contributed by atoms with E-state index in [1.54, 1.807) is 11.8 Å². The van der Waals surface area contributed by atoms with Crippen LogP contribution in [-0.2, 0) is 9.59 Å². The van der Waals surface area contributed by atoms with Crippen molar-refractivity contribution in [2.45, 2.75) is 39.2 Å². The molecule has 0 bridgehead atoms. The van der Waals surface area contributed by atoms with Crippen molar-refractivity contribution >= 4 is 11.9 Å². The third-order valence-corrected chi connectivity index (χ3v) is 2.94. The number of hydrogen-bond acceptors (Lipinski definition) is 2. The summed E-state index contributed by atoms with van der Waals surface area (Å²) in [4.78, 5) is 23.8. The van der Waals surface area contributed by atoms with Crippen LogP contribution in [0, 0.1) is 5.92 Å². The van der Waals surface area contributed by atoms with Gasteiger partial charge >= 0.3 is 5.97 Å². The van der Waals surface area contributed by atoms with Gasteiger partial charge in [0.2, 0.25) is 5.91 Å². The maximum Gasteiger partial charge on any atom is 0.306 e. The summed E-state index contributed by atoms with van der Waals surface area (Å²) in [5.41, 5.74) is 0. The quantitative estimate of drug-likeness (QED) is 0.724. The van der Waals surface area contributed by atoms with E-state index >= 15 is 0 Å². The molecule has 1 heterocycles. The summed E-state index contributed by atoms with van der Waals surface area (Å²) in [5, 5.41) is 8.87. The van der Waals surface area contributed by atoms with Gasteiger partial charge in [-0.15, -0.1) is 0 Å². The van der Waals surface area contributed by atoms with E-state index in [1.807, 2.05) is 6.92 Å². The zero-order valence-corrected chi connectivity index (χ0v) is 8.69. The Labute approximate surface area is 83.9 Å². The van der Waals surface area contributed by atoms with Gasteiger partial charge in [0, 0.05) is 19.5 Å². The van der Waals surface area contributed by atoms with Crippen molar-refractivity contribution in [1.29, 1.82) is 0 Å². The molecule has 1 N–H and O–H groups in total. The molecule has 0 radical (unpaired) electrons. The van der Waals surface area contributed by atoms with Crippen LogP contribution in [0.3, 0.4) is 0 Å². The van der Waals surface area contributed by atoms with Gasteiger partial charge in [-0.05, 0) is 19.3 Å². The Morgan fingerprint density at radius 3 is 2.57 bits per heavy atom. The van der Waals surface area contributed by atoms with Crippen molar-refractivity contribution in [3.63, 3.8) is 0 Å². The third kappa shape index (κ3) is 2.25. The van der Waals surface area contributed by atoms with Crippen LogP contribution in [0.5, 0.6) is 0 Å². The first-order valence-corrected chi connectivity index (χ1v) is 5.06. The van der Waals surface area contributed by atoms with Gasteiger partial charge in [0.1, 0.15) is 0 Å². The van der Waals surface area contributed by atoms with Gasteiger partial charge in [-0.3, -0.25) is 9.59 Å². The molecular formula is C10H17NO3. The van der Waals surface area contributed by atoms with E-state index in [2.05, 4.69) is 0 Å². The molecule has 4 heteroatoms. The molecule has 0 spiro atoms. The van der Waals surface area contributed by atoms with E-state index in [-0.39, 0.29) is 17.9 Å². The Morgan fingerprint density at radius 2 is 2.14 bits per heavy atom. The minimum atomic E-state index is -0.730. The van der Waals surface area contributed by atoms with Crippen molar-refractivity contribution < 1.29 is 14.7 Å². The monoisotopic (exact) mass is 199 g/mol. The topological polar surface area (TPSA) is 57.6 Å². The fraction of sp³-hybridized carbons (Fsp3) is 0.800. The standard InChI is InChI=1S/C10H17NO3/c1-3-9-6-8(10(13)14)4-5-11(9)7(2)12/h8-9H,3-6H2,1-2H3,(H,13,14)/t8-,9-/m1/s1.